The Morgan fingerprint density at radius 2 is 1.62 bits per heavy atom. The van der Waals surface area contributed by atoms with Gasteiger partial charge in [-0.3, -0.25) is 0 Å². The van der Waals surface area contributed by atoms with Gasteiger partial charge in [-0.15, -0.1) is 0 Å². The molecule has 32 heavy (non-hydrogen) atoms. The van der Waals surface area contributed by atoms with Crippen molar-refractivity contribution in [1.29, 1.82) is 0 Å². The zero-order valence-electron chi connectivity index (χ0n) is 18.1. The first kappa shape index (κ1) is 23.2. The fourth-order valence-corrected chi connectivity index (χ4v) is 3.93. The summed E-state index contributed by atoms with van der Waals surface area (Å²) in [5, 5.41) is 5.82. The molecule has 0 fully saturated rings. The minimum absolute atomic E-state index is 0.277. The average Bonchev–Trinajstić information content (AvgIpc) is 3.18. The minimum Gasteiger partial charge on any atom is -0.463 e. The van der Waals surface area contributed by atoms with E-state index in [2.05, 4.69) is 5.32 Å². The van der Waals surface area contributed by atoms with E-state index in [1.54, 1.807) is 25.5 Å². The summed E-state index contributed by atoms with van der Waals surface area (Å²) in [6.45, 7) is 4.66. The molecule has 2 aromatic carbocycles. The van der Waals surface area contributed by atoms with E-state index < -0.39 is 11.9 Å². The number of nitrogens with zero attached hydrogens (tertiary/aromatic N) is 1. The second-order valence-corrected chi connectivity index (χ2v) is 7.56. The fourth-order valence-electron chi connectivity index (χ4n) is 3.05. The highest BCUT2D eigenvalue weighted by atomic mass is 32.2. The molecule has 0 saturated heterocycles. The number of rotatable bonds is 10. The van der Waals surface area contributed by atoms with Crippen LogP contribution in [0.15, 0.2) is 83.4 Å². The number of thioether (sulfide) groups is 1. The van der Waals surface area contributed by atoms with Gasteiger partial charge in [-0.2, -0.15) is 0 Å². The molecule has 0 radical (unpaired) electrons. The van der Waals surface area contributed by atoms with Crippen molar-refractivity contribution < 1.29 is 19.1 Å². The predicted molar refractivity (Wildman–Crippen MR) is 127 cm³/mol. The van der Waals surface area contributed by atoms with Crippen LogP contribution in [0.4, 0.5) is 5.69 Å². The number of hydrogen-bond acceptors (Lipinski definition) is 6. The fraction of sp³-hybridized carbons (Fsp3) is 0.200. The summed E-state index contributed by atoms with van der Waals surface area (Å²) in [6.07, 6.45) is 3.14. The molecule has 1 aromatic heterocycles. The zero-order valence-corrected chi connectivity index (χ0v) is 18.9. The number of carbonyl (C=O) groups excluding carboxylic acids is 2. The van der Waals surface area contributed by atoms with Gasteiger partial charge in [0.1, 0.15) is 10.6 Å². The number of para-hydroxylation sites is 1. The molecule has 0 spiro atoms. The summed E-state index contributed by atoms with van der Waals surface area (Å²) < 4.78 is 12.2. The lowest BCUT2D eigenvalue weighted by Crippen LogP contribution is -2.08. The SMILES string of the molecule is CCOC(=O)/C=C/Sc1c(NCc2ccccc2)c(C(=O)OCC)cn1-c1ccccc1. The summed E-state index contributed by atoms with van der Waals surface area (Å²) >= 11 is 1.33. The normalized spacial score (nSPS) is 10.8. The maximum absolute atomic E-state index is 12.8. The van der Waals surface area contributed by atoms with Crippen LogP contribution >= 0.6 is 11.8 Å². The van der Waals surface area contributed by atoms with E-state index in [0.29, 0.717) is 24.4 Å². The number of ether oxygens (including phenoxy) is 2. The highest BCUT2D eigenvalue weighted by molar-refractivity contribution is 8.02. The van der Waals surface area contributed by atoms with Crippen LogP contribution in [0.1, 0.15) is 29.8 Å². The Bertz CT molecular complexity index is 1060. The van der Waals surface area contributed by atoms with Gasteiger partial charge in [-0.25, -0.2) is 9.59 Å². The van der Waals surface area contributed by atoms with E-state index in [4.69, 9.17) is 9.47 Å². The van der Waals surface area contributed by atoms with Crippen molar-refractivity contribution in [2.75, 3.05) is 18.5 Å². The lowest BCUT2D eigenvalue weighted by Gasteiger charge is -2.12. The van der Waals surface area contributed by atoms with Crippen LogP contribution in [0.5, 0.6) is 0 Å². The predicted octanol–water partition coefficient (Wildman–Crippen LogP) is 5.44. The summed E-state index contributed by atoms with van der Waals surface area (Å²) in [5.74, 6) is -0.823. The molecule has 0 amide bonds. The van der Waals surface area contributed by atoms with E-state index in [9.17, 15) is 9.59 Å². The van der Waals surface area contributed by atoms with Crippen molar-refractivity contribution >= 4 is 29.4 Å². The first-order chi connectivity index (χ1) is 15.6. The van der Waals surface area contributed by atoms with E-state index in [1.807, 2.05) is 65.2 Å². The van der Waals surface area contributed by atoms with Gasteiger partial charge in [0.2, 0.25) is 0 Å². The van der Waals surface area contributed by atoms with Crippen LogP contribution in [0, 0.1) is 0 Å². The molecule has 0 aliphatic carbocycles. The van der Waals surface area contributed by atoms with E-state index in [-0.39, 0.29) is 6.61 Å². The lowest BCUT2D eigenvalue weighted by molar-refractivity contribution is -0.137. The number of esters is 2. The van der Waals surface area contributed by atoms with Gasteiger partial charge < -0.3 is 19.4 Å². The molecular weight excluding hydrogens is 424 g/mol. The maximum atomic E-state index is 12.8. The van der Waals surface area contributed by atoms with Crippen LogP contribution in [0.25, 0.3) is 5.69 Å². The molecule has 166 valence electrons. The Labute approximate surface area is 192 Å². The monoisotopic (exact) mass is 450 g/mol. The van der Waals surface area contributed by atoms with Crippen molar-refractivity contribution in [3.63, 3.8) is 0 Å². The molecule has 0 atom stereocenters. The second kappa shape index (κ2) is 11.8. The Kier molecular flexibility index (Phi) is 8.57. The van der Waals surface area contributed by atoms with E-state index in [0.717, 1.165) is 16.3 Å². The van der Waals surface area contributed by atoms with Crippen molar-refractivity contribution in [1.82, 2.24) is 4.57 Å². The van der Waals surface area contributed by atoms with Gasteiger partial charge in [0.05, 0.1) is 18.9 Å². The first-order valence-electron chi connectivity index (χ1n) is 10.4. The van der Waals surface area contributed by atoms with Gasteiger partial charge in [-0.1, -0.05) is 60.3 Å². The molecule has 6 nitrogen and oxygen atoms in total. The molecule has 0 saturated carbocycles. The summed E-state index contributed by atoms with van der Waals surface area (Å²) in [5.41, 5.74) is 3.04. The molecule has 0 aliphatic rings. The number of carbonyl (C=O) groups is 2. The van der Waals surface area contributed by atoms with Crippen LogP contribution in [0.2, 0.25) is 0 Å². The van der Waals surface area contributed by atoms with Crippen LogP contribution in [0.3, 0.4) is 0 Å². The van der Waals surface area contributed by atoms with Gasteiger partial charge in [-0.05, 0) is 37.0 Å². The van der Waals surface area contributed by atoms with E-state index >= 15 is 0 Å². The van der Waals surface area contributed by atoms with Crippen LogP contribution in [-0.2, 0) is 20.8 Å². The van der Waals surface area contributed by atoms with Gasteiger partial charge in [0.15, 0.2) is 0 Å². The van der Waals surface area contributed by atoms with Crippen molar-refractivity contribution in [3.05, 3.63) is 89.5 Å². The molecular formula is C25H26N2O4S. The number of nitrogens with one attached hydrogen (secondary N) is 1. The largest absolute Gasteiger partial charge is 0.463 e. The highest BCUT2D eigenvalue weighted by Crippen LogP contribution is 2.36. The Morgan fingerprint density at radius 3 is 2.28 bits per heavy atom. The Balaban J connectivity index is 2.03. The van der Waals surface area contributed by atoms with Crippen LogP contribution in [-0.4, -0.2) is 29.7 Å². The second-order valence-electron chi connectivity index (χ2n) is 6.66. The lowest BCUT2D eigenvalue weighted by atomic mass is 10.2. The molecule has 7 heteroatoms. The summed E-state index contributed by atoms with van der Waals surface area (Å²) in [7, 11) is 0. The number of aromatic nitrogens is 1. The molecule has 3 aromatic rings. The Hall–Kier alpha value is -3.45. The average molecular weight is 451 g/mol. The summed E-state index contributed by atoms with van der Waals surface area (Å²) in [6, 6.07) is 19.6. The molecule has 1 heterocycles. The maximum Gasteiger partial charge on any atom is 0.341 e. The van der Waals surface area contributed by atoms with Crippen LogP contribution < -0.4 is 5.32 Å². The zero-order chi connectivity index (χ0) is 22.8. The molecule has 0 aliphatic heterocycles. The standard InChI is InChI=1S/C25H26N2O4S/c1-3-30-22(28)15-16-32-24-23(26-17-19-11-7-5-8-12-19)21(25(29)31-4-2)18-27(24)20-13-9-6-10-14-20/h5-16,18,26H,3-4,17H2,1-2H3/b16-15+. The van der Waals surface area contributed by atoms with Gasteiger partial charge >= 0.3 is 11.9 Å². The van der Waals surface area contributed by atoms with Crippen molar-refractivity contribution in [2.45, 2.75) is 25.4 Å². The minimum atomic E-state index is -0.415. The third-order valence-corrected chi connectivity index (χ3v) is 5.37. The smallest absolute Gasteiger partial charge is 0.341 e. The van der Waals surface area contributed by atoms with Gasteiger partial charge in [0.25, 0.3) is 0 Å². The molecule has 0 bridgehead atoms. The third-order valence-electron chi connectivity index (χ3n) is 4.47. The highest BCUT2D eigenvalue weighted by Gasteiger charge is 2.23. The van der Waals surface area contributed by atoms with Crippen molar-refractivity contribution in [2.24, 2.45) is 0 Å². The Morgan fingerprint density at radius 1 is 0.969 bits per heavy atom. The van der Waals surface area contributed by atoms with Crippen molar-refractivity contribution in [3.8, 4) is 5.69 Å². The molecule has 1 N–H and O–H groups in total. The van der Waals surface area contributed by atoms with Gasteiger partial charge in [0, 0.05) is 24.5 Å². The molecule has 0 unspecified atom stereocenters. The first-order valence-corrected chi connectivity index (χ1v) is 11.3. The third kappa shape index (κ3) is 6.04. The number of benzene rings is 2. The number of anilines is 1. The van der Waals surface area contributed by atoms with E-state index in [1.165, 1.54) is 17.8 Å². The summed E-state index contributed by atoms with van der Waals surface area (Å²) in [4.78, 5) is 24.5. The number of hydrogen-bond donors (Lipinski definition) is 1. The topological polar surface area (TPSA) is 69.6 Å². The molecule has 3 rings (SSSR count). The quantitative estimate of drug-likeness (QED) is 0.252.